The molecule has 2 saturated carbocycles. The number of carbonyl (C=O) groups is 1. The highest BCUT2D eigenvalue weighted by Gasteiger charge is 2.39. The number of likely N-dealkylation sites (tertiary alicyclic amines) is 1. The molecule has 0 aromatic heterocycles. The van der Waals surface area contributed by atoms with Crippen LogP contribution in [0.3, 0.4) is 0 Å². The molecule has 0 bridgehead atoms. The lowest BCUT2D eigenvalue weighted by atomic mass is 9.64. The van der Waals surface area contributed by atoms with E-state index in [0.29, 0.717) is 11.9 Å². The van der Waals surface area contributed by atoms with Gasteiger partial charge in [0.1, 0.15) is 0 Å². The SMILES string of the molecule is CN=C(NCC1(c2ccccc2)CCC1)NC1CCN(C(=O)C2CCCCC2)C1.I. The molecule has 30 heavy (non-hydrogen) atoms. The molecule has 5 nitrogen and oxygen atoms in total. The zero-order valence-electron chi connectivity index (χ0n) is 18.2. The molecule has 4 rings (SSSR count). The first kappa shape index (κ1) is 23.4. The maximum absolute atomic E-state index is 12.8. The van der Waals surface area contributed by atoms with E-state index < -0.39 is 0 Å². The summed E-state index contributed by atoms with van der Waals surface area (Å²) in [5.74, 6) is 1.52. The molecule has 3 fully saturated rings. The van der Waals surface area contributed by atoms with Crippen molar-refractivity contribution in [3.05, 3.63) is 35.9 Å². The average Bonchev–Trinajstić information content (AvgIpc) is 3.21. The van der Waals surface area contributed by atoms with Gasteiger partial charge in [0, 0.05) is 44.1 Å². The minimum atomic E-state index is 0. The van der Waals surface area contributed by atoms with Crippen LogP contribution in [-0.4, -0.2) is 49.5 Å². The predicted octanol–water partition coefficient (Wildman–Crippen LogP) is 4.07. The van der Waals surface area contributed by atoms with E-state index in [1.807, 2.05) is 7.05 Å². The lowest BCUT2D eigenvalue weighted by Gasteiger charge is -2.43. The average molecular weight is 524 g/mol. The smallest absolute Gasteiger partial charge is 0.225 e. The van der Waals surface area contributed by atoms with Gasteiger partial charge in [0.25, 0.3) is 0 Å². The minimum Gasteiger partial charge on any atom is -0.356 e. The van der Waals surface area contributed by atoms with E-state index in [-0.39, 0.29) is 35.3 Å². The summed E-state index contributed by atoms with van der Waals surface area (Å²) in [6.45, 7) is 2.59. The van der Waals surface area contributed by atoms with E-state index in [4.69, 9.17) is 0 Å². The first-order chi connectivity index (χ1) is 14.2. The Morgan fingerprint density at radius 2 is 1.83 bits per heavy atom. The third-order valence-electron chi connectivity index (χ3n) is 7.31. The number of benzene rings is 1. The highest BCUT2D eigenvalue weighted by molar-refractivity contribution is 14.0. The molecule has 1 amide bonds. The van der Waals surface area contributed by atoms with Gasteiger partial charge in [0.15, 0.2) is 5.96 Å². The van der Waals surface area contributed by atoms with Gasteiger partial charge in [0.05, 0.1) is 0 Å². The van der Waals surface area contributed by atoms with Gasteiger partial charge < -0.3 is 15.5 Å². The van der Waals surface area contributed by atoms with Crippen molar-refractivity contribution in [2.24, 2.45) is 10.9 Å². The number of halogens is 1. The largest absolute Gasteiger partial charge is 0.356 e. The summed E-state index contributed by atoms with van der Waals surface area (Å²) >= 11 is 0. The molecule has 2 N–H and O–H groups in total. The Bertz CT molecular complexity index is 713. The Morgan fingerprint density at radius 3 is 2.47 bits per heavy atom. The maximum atomic E-state index is 12.8. The summed E-state index contributed by atoms with van der Waals surface area (Å²) in [6, 6.07) is 11.2. The second-order valence-corrected chi connectivity index (χ2v) is 9.17. The number of aliphatic imine (C=N–C) groups is 1. The molecule has 166 valence electrons. The Balaban J connectivity index is 0.00000256. The van der Waals surface area contributed by atoms with Gasteiger partial charge in [-0.05, 0) is 37.7 Å². The van der Waals surface area contributed by atoms with E-state index in [1.165, 1.54) is 44.1 Å². The van der Waals surface area contributed by atoms with Crippen LogP contribution in [0.5, 0.6) is 0 Å². The van der Waals surface area contributed by atoms with Crippen LogP contribution in [0.4, 0.5) is 0 Å². The summed E-state index contributed by atoms with van der Waals surface area (Å²) in [6.07, 6.45) is 10.6. The van der Waals surface area contributed by atoms with Crippen molar-refractivity contribution >= 4 is 35.8 Å². The van der Waals surface area contributed by atoms with Gasteiger partial charge in [-0.25, -0.2) is 0 Å². The summed E-state index contributed by atoms with van der Waals surface area (Å²) in [5.41, 5.74) is 1.66. The summed E-state index contributed by atoms with van der Waals surface area (Å²) in [4.78, 5) is 19.4. The standard InChI is InChI=1S/C24H36N4O.HI/c1-25-23(26-18-24(14-8-15-24)20-11-6-3-7-12-20)27-21-13-16-28(17-21)22(29)19-9-4-2-5-10-19;/h3,6-7,11-12,19,21H,2,4-5,8-10,13-18H2,1H3,(H2,25,26,27);1H. The van der Waals surface area contributed by atoms with Crippen LogP contribution < -0.4 is 10.6 Å². The molecule has 1 aromatic carbocycles. The van der Waals surface area contributed by atoms with E-state index in [1.54, 1.807) is 0 Å². The first-order valence-corrected chi connectivity index (χ1v) is 11.5. The van der Waals surface area contributed by atoms with Gasteiger partial charge >= 0.3 is 0 Å². The predicted molar refractivity (Wildman–Crippen MR) is 133 cm³/mol. The Hall–Kier alpha value is -1.31. The minimum absolute atomic E-state index is 0. The second kappa shape index (κ2) is 10.8. The molecular weight excluding hydrogens is 487 g/mol. The van der Waals surface area contributed by atoms with Crippen molar-refractivity contribution in [2.75, 3.05) is 26.7 Å². The van der Waals surface area contributed by atoms with Crippen LogP contribution >= 0.6 is 24.0 Å². The van der Waals surface area contributed by atoms with Crippen molar-refractivity contribution in [3.8, 4) is 0 Å². The van der Waals surface area contributed by atoms with Gasteiger partial charge in [-0.3, -0.25) is 9.79 Å². The quantitative estimate of drug-likeness (QED) is 0.347. The molecule has 1 saturated heterocycles. The van der Waals surface area contributed by atoms with Crippen LogP contribution in [0.25, 0.3) is 0 Å². The monoisotopic (exact) mass is 524 g/mol. The number of hydrogen-bond acceptors (Lipinski definition) is 2. The number of hydrogen-bond donors (Lipinski definition) is 2. The van der Waals surface area contributed by atoms with Gasteiger partial charge in [-0.2, -0.15) is 0 Å². The molecule has 1 aliphatic heterocycles. The number of carbonyl (C=O) groups excluding carboxylic acids is 1. The van der Waals surface area contributed by atoms with E-state index in [9.17, 15) is 4.79 Å². The molecule has 1 heterocycles. The molecule has 6 heteroatoms. The van der Waals surface area contributed by atoms with Crippen LogP contribution in [0.15, 0.2) is 35.3 Å². The number of guanidine groups is 1. The third-order valence-corrected chi connectivity index (χ3v) is 7.31. The normalized spacial score (nSPS) is 24.0. The zero-order chi connectivity index (χ0) is 20.1. The maximum Gasteiger partial charge on any atom is 0.225 e. The fraction of sp³-hybridized carbons (Fsp3) is 0.667. The van der Waals surface area contributed by atoms with Crippen LogP contribution in [0, 0.1) is 5.92 Å². The Labute approximate surface area is 198 Å². The van der Waals surface area contributed by atoms with E-state index in [2.05, 4.69) is 50.9 Å². The first-order valence-electron chi connectivity index (χ1n) is 11.5. The Kier molecular flexibility index (Phi) is 8.43. The third kappa shape index (κ3) is 5.29. The van der Waals surface area contributed by atoms with Crippen molar-refractivity contribution < 1.29 is 4.79 Å². The lowest BCUT2D eigenvalue weighted by molar-refractivity contribution is -0.135. The van der Waals surface area contributed by atoms with Crippen LogP contribution in [0.2, 0.25) is 0 Å². The van der Waals surface area contributed by atoms with Crippen molar-refractivity contribution in [1.29, 1.82) is 0 Å². The number of nitrogens with zero attached hydrogens (tertiary/aromatic N) is 2. The van der Waals surface area contributed by atoms with Crippen LogP contribution in [-0.2, 0) is 10.2 Å². The van der Waals surface area contributed by atoms with Gasteiger partial charge in [-0.1, -0.05) is 56.0 Å². The van der Waals surface area contributed by atoms with Crippen molar-refractivity contribution in [1.82, 2.24) is 15.5 Å². The summed E-state index contributed by atoms with van der Waals surface area (Å²) in [5, 5.41) is 7.15. The molecule has 1 aromatic rings. The number of amides is 1. The molecule has 0 spiro atoms. The molecule has 1 unspecified atom stereocenters. The summed E-state index contributed by atoms with van der Waals surface area (Å²) in [7, 11) is 1.84. The topological polar surface area (TPSA) is 56.7 Å². The molecular formula is C24H37IN4O. The second-order valence-electron chi connectivity index (χ2n) is 9.17. The molecule has 1 atom stereocenters. The summed E-state index contributed by atoms with van der Waals surface area (Å²) < 4.78 is 0. The number of nitrogens with one attached hydrogen (secondary N) is 2. The molecule has 2 aliphatic carbocycles. The zero-order valence-corrected chi connectivity index (χ0v) is 20.6. The van der Waals surface area contributed by atoms with E-state index >= 15 is 0 Å². The Morgan fingerprint density at radius 1 is 1.10 bits per heavy atom. The molecule has 0 radical (unpaired) electrons. The molecule has 3 aliphatic rings. The van der Waals surface area contributed by atoms with Crippen molar-refractivity contribution in [3.63, 3.8) is 0 Å². The number of rotatable bonds is 5. The van der Waals surface area contributed by atoms with Crippen molar-refractivity contribution in [2.45, 2.75) is 69.2 Å². The van der Waals surface area contributed by atoms with Gasteiger partial charge in [-0.15, -0.1) is 24.0 Å². The highest BCUT2D eigenvalue weighted by Crippen LogP contribution is 2.43. The van der Waals surface area contributed by atoms with E-state index in [0.717, 1.165) is 44.9 Å². The highest BCUT2D eigenvalue weighted by atomic mass is 127. The fourth-order valence-electron chi connectivity index (χ4n) is 5.29. The lowest BCUT2D eigenvalue weighted by Crippen LogP contribution is -2.51. The fourth-order valence-corrected chi connectivity index (χ4v) is 5.29. The van der Waals surface area contributed by atoms with Gasteiger partial charge in [0.2, 0.25) is 5.91 Å². The van der Waals surface area contributed by atoms with Crippen LogP contribution in [0.1, 0.15) is 63.4 Å².